The van der Waals surface area contributed by atoms with Crippen LogP contribution in [0.4, 0.5) is 0 Å². The number of carbonyl (C=O) groups excluding carboxylic acids is 1. The van der Waals surface area contributed by atoms with E-state index in [1.165, 1.54) is 25.1 Å². The summed E-state index contributed by atoms with van der Waals surface area (Å²) in [6.07, 6.45) is 1.39. The van der Waals surface area contributed by atoms with E-state index in [0.717, 1.165) is 37.8 Å². The largest absolute Gasteiger partial charge is 0.354 e. The molecule has 2 N–H and O–H groups in total. The Morgan fingerprint density at radius 1 is 1.06 bits per heavy atom. The molecule has 6 nitrogen and oxygen atoms in total. The lowest BCUT2D eigenvalue weighted by Gasteiger charge is -2.30. The van der Waals surface area contributed by atoms with Crippen molar-refractivity contribution in [3.63, 3.8) is 0 Å². The lowest BCUT2D eigenvalue weighted by Crippen LogP contribution is -2.50. The van der Waals surface area contributed by atoms with Gasteiger partial charge in [-0.1, -0.05) is 37.8 Å². The third kappa shape index (κ3) is 10.1. The van der Waals surface area contributed by atoms with Gasteiger partial charge in [0.2, 0.25) is 5.91 Å². The summed E-state index contributed by atoms with van der Waals surface area (Å²) in [7, 11) is 2.15. The molecule has 0 saturated carbocycles. The van der Waals surface area contributed by atoms with E-state index in [2.05, 4.69) is 104 Å². The van der Waals surface area contributed by atoms with Gasteiger partial charge in [-0.15, -0.1) is 0 Å². The van der Waals surface area contributed by atoms with Gasteiger partial charge in [-0.3, -0.25) is 19.5 Å². The molecule has 0 spiro atoms. The summed E-state index contributed by atoms with van der Waals surface area (Å²) in [5, 5.41) is 6.29. The molecule has 1 aromatic carbocycles. The van der Waals surface area contributed by atoms with Gasteiger partial charge in [0, 0.05) is 62.9 Å². The van der Waals surface area contributed by atoms with Gasteiger partial charge >= 0.3 is 0 Å². The Hall–Kier alpha value is -1.47. The van der Waals surface area contributed by atoms with Crippen LogP contribution in [0.2, 0.25) is 0 Å². The van der Waals surface area contributed by atoms with E-state index in [9.17, 15) is 4.79 Å². The maximum Gasteiger partial charge on any atom is 0.234 e. The summed E-state index contributed by atoms with van der Waals surface area (Å²) in [5.74, 6) is 0.153. The van der Waals surface area contributed by atoms with Gasteiger partial charge in [-0.25, -0.2) is 0 Å². The van der Waals surface area contributed by atoms with Crippen molar-refractivity contribution in [1.29, 1.82) is 0 Å². The van der Waals surface area contributed by atoms with Crippen LogP contribution in [0.5, 0.6) is 0 Å². The number of fused-ring (bicyclic) bond motifs is 2. The number of hydrogen-bond donors (Lipinski definition) is 2. The van der Waals surface area contributed by atoms with Gasteiger partial charge in [0.25, 0.3) is 0 Å². The minimum absolute atomic E-state index is 0. The molecule has 3 saturated heterocycles. The molecular formula is C27H51N5O. The van der Waals surface area contributed by atoms with Crippen molar-refractivity contribution < 1.29 is 4.79 Å². The van der Waals surface area contributed by atoms with Crippen LogP contribution in [0.15, 0.2) is 30.3 Å². The van der Waals surface area contributed by atoms with Gasteiger partial charge < -0.3 is 10.6 Å². The summed E-state index contributed by atoms with van der Waals surface area (Å²) in [6, 6.07) is 14.1. The molecule has 0 aromatic heterocycles. The highest BCUT2D eigenvalue weighted by atomic mass is 16.2. The molecule has 3 fully saturated rings. The van der Waals surface area contributed by atoms with E-state index in [4.69, 9.17) is 0 Å². The van der Waals surface area contributed by atoms with Crippen molar-refractivity contribution in [2.45, 2.75) is 92.1 Å². The first-order valence-electron chi connectivity index (χ1n) is 12.4. The third-order valence-corrected chi connectivity index (χ3v) is 6.72. The van der Waals surface area contributed by atoms with Crippen molar-refractivity contribution in [1.82, 2.24) is 25.3 Å². The monoisotopic (exact) mass is 461 g/mol. The van der Waals surface area contributed by atoms with Crippen molar-refractivity contribution in [2.24, 2.45) is 0 Å². The zero-order valence-corrected chi connectivity index (χ0v) is 21.5. The van der Waals surface area contributed by atoms with Crippen LogP contribution in [0.1, 0.15) is 61.0 Å². The smallest absolute Gasteiger partial charge is 0.234 e. The topological polar surface area (TPSA) is 50.9 Å². The second-order valence-corrected chi connectivity index (χ2v) is 10.2. The van der Waals surface area contributed by atoms with E-state index < -0.39 is 0 Å². The molecule has 3 aliphatic rings. The van der Waals surface area contributed by atoms with E-state index >= 15 is 0 Å². The molecule has 33 heavy (non-hydrogen) atoms. The SMILES string of the molecule is C.CC(C)N(C)Cc1ccccc1.CC(C)N1CC2CC1CN2.CC(C)N1CCNC(=O)C1. The maximum atomic E-state index is 10.8. The van der Waals surface area contributed by atoms with Crippen molar-refractivity contribution >= 4 is 5.91 Å². The number of likely N-dealkylation sites (tertiary alicyclic amines) is 1. The van der Waals surface area contributed by atoms with Crippen LogP contribution in [0.3, 0.4) is 0 Å². The Kier molecular flexibility index (Phi) is 13.2. The highest BCUT2D eigenvalue weighted by Gasteiger charge is 2.38. The van der Waals surface area contributed by atoms with E-state index in [1.807, 2.05) is 0 Å². The maximum absolute atomic E-state index is 10.8. The van der Waals surface area contributed by atoms with Crippen LogP contribution in [0.25, 0.3) is 0 Å². The normalized spacial score (nSPS) is 22.6. The molecule has 190 valence electrons. The fourth-order valence-electron chi connectivity index (χ4n) is 4.38. The predicted molar refractivity (Wildman–Crippen MR) is 142 cm³/mol. The second-order valence-electron chi connectivity index (χ2n) is 10.2. The summed E-state index contributed by atoms with van der Waals surface area (Å²) in [6.45, 7) is 19.1. The van der Waals surface area contributed by atoms with Gasteiger partial charge in [0.1, 0.15) is 0 Å². The first-order valence-corrected chi connectivity index (χ1v) is 12.4. The summed E-state index contributed by atoms with van der Waals surface area (Å²) in [5.41, 5.74) is 1.38. The van der Waals surface area contributed by atoms with E-state index in [-0.39, 0.29) is 13.3 Å². The predicted octanol–water partition coefficient (Wildman–Crippen LogP) is 3.43. The molecule has 0 aliphatic carbocycles. The van der Waals surface area contributed by atoms with E-state index in [0.29, 0.717) is 18.6 Å². The highest BCUT2D eigenvalue weighted by Crippen LogP contribution is 2.24. The molecular weight excluding hydrogens is 410 g/mol. The van der Waals surface area contributed by atoms with Crippen LogP contribution in [-0.2, 0) is 11.3 Å². The Morgan fingerprint density at radius 3 is 2.12 bits per heavy atom. The number of amides is 1. The van der Waals surface area contributed by atoms with Crippen LogP contribution < -0.4 is 10.6 Å². The van der Waals surface area contributed by atoms with Crippen LogP contribution >= 0.6 is 0 Å². The molecule has 6 heteroatoms. The second kappa shape index (κ2) is 14.7. The Balaban J connectivity index is 0.000000245. The first-order chi connectivity index (χ1) is 15.2. The van der Waals surface area contributed by atoms with Gasteiger partial charge in [0.15, 0.2) is 0 Å². The summed E-state index contributed by atoms with van der Waals surface area (Å²) < 4.78 is 0. The van der Waals surface area contributed by atoms with Gasteiger partial charge in [-0.2, -0.15) is 0 Å². The fraction of sp³-hybridized carbons (Fsp3) is 0.741. The van der Waals surface area contributed by atoms with Crippen molar-refractivity contribution in [2.75, 3.05) is 39.8 Å². The number of benzene rings is 1. The standard InChI is InChI=1S/C11H17N.C8H16N2.C7H14N2O.CH4/c1-10(2)12(3)9-11-7-5-4-6-8-11;1-6(2)10-5-7-3-8(10)4-9-7;1-6(2)9-4-3-8-7(10)5-9;/h4-8,10H,9H2,1-3H3;6-9H,3-5H2,1-2H3;6H,3-5H2,1-2H3,(H,8,10);1H4. The lowest BCUT2D eigenvalue weighted by molar-refractivity contribution is -0.124. The molecule has 2 bridgehead atoms. The number of piperazine rings is 2. The molecule has 1 amide bonds. The van der Waals surface area contributed by atoms with Crippen LogP contribution in [0, 0.1) is 0 Å². The number of nitrogens with one attached hydrogen (secondary N) is 2. The van der Waals surface area contributed by atoms with Crippen molar-refractivity contribution in [3.8, 4) is 0 Å². The molecule has 2 unspecified atom stereocenters. The molecule has 0 radical (unpaired) electrons. The minimum Gasteiger partial charge on any atom is -0.354 e. The van der Waals surface area contributed by atoms with Crippen molar-refractivity contribution in [3.05, 3.63) is 35.9 Å². The van der Waals surface area contributed by atoms with Gasteiger partial charge in [0.05, 0.1) is 6.54 Å². The lowest BCUT2D eigenvalue weighted by atomic mass is 10.2. The quantitative estimate of drug-likeness (QED) is 0.704. The average molecular weight is 462 g/mol. The zero-order valence-electron chi connectivity index (χ0n) is 21.5. The summed E-state index contributed by atoms with van der Waals surface area (Å²) in [4.78, 5) is 17.9. The number of nitrogens with zero attached hydrogens (tertiary/aromatic N) is 3. The van der Waals surface area contributed by atoms with Crippen LogP contribution in [-0.4, -0.2) is 90.6 Å². The molecule has 4 rings (SSSR count). The highest BCUT2D eigenvalue weighted by molar-refractivity contribution is 5.78. The average Bonchev–Trinajstić information content (AvgIpc) is 3.39. The molecule has 3 heterocycles. The zero-order chi connectivity index (χ0) is 23.7. The molecule has 3 aliphatic heterocycles. The Morgan fingerprint density at radius 2 is 1.73 bits per heavy atom. The van der Waals surface area contributed by atoms with Gasteiger partial charge in [-0.05, 0) is 60.6 Å². The molecule has 1 aromatic rings. The minimum atomic E-state index is 0. The molecule has 2 atom stereocenters. The Labute approximate surface area is 204 Å². The van der Waals surface area contributed by atoms with E-state index in [1.54, 1.807) is 0 Å². The number of hydrogen-bond acceptors (Lipinski definition) is 5. The number of rotatable bonds is 5. The first kappa shape index (κ1) is 29.6. The third-order valence-electron chi connectivity index (χ3n) is 6.72. The Bertz CT molecular complexity index is 664. The fourth-order valence-corrected chi connectivity index (χ4v) is 4.38. The summed E-state index contributed by atoms with van der Waals surface area (Å²) >= 11 is 0. The number of carbonyl (C=O) groups is 1.